The van der Waals surface area contributed by atoms with E-state index in [1.807, 2.05) is 11.3 Å². The van der Waals surface area contributed by atoms with Gasteiger partial charge in [-0.15, -0.1) is 11.3 Å². The molecule has 1 saturated carbocycles. The van der Waals surface area contributed by atoms with E-state index in [1.54, 1.807) is 0 Å². The zero-order valence-electron chi connectivity index (χ0n) is 12.1. The molecule has 1 N–H and O–H groups in total. The van der Waals surface area contributed by atoms with Gasteiger partial charge in [0.1, 0.15) is 0 Å². The Morgan fingerprint density at radius 3 is 3.05 bits per heavy atom. The van der Waals surface area contributed by atoms with Crippen molar-refractivity contribution in [2.24, 2.45) is 5.92 Å². The second kappa shape index (κ2) is 7.55. The van der Waals surface area contributed by atoms with E-state index in [0.29, 0.717) is 12.1 Å². The number of rotatable bonds is 9. The zero-order valence-corrected chi connectivity index (χ0v) is 12.9. The van der Waals surface area contributed by atoms with E-state index in [1.165, 1.54) is 30.6 Å². The topological polar surface area (TPSA) is 30.5 Å². The molecule has 2 unspecified atom stereocenters. The lowest BCUT2D eigenvalue weighted by Crippen LogP contribution is -2.24. The maximum Gasteiger partial charge on any atom is 0.0809 e. The molecule has 0 aromatic carbocycles. The Labute approximate surface area is 125 Å². The first-order chi connectivity index (χ1) is 9.93. The maximum atomic E-state index is 5.70. The molecule has 3 rings (SSSR count). The van der Waals surface area contributed by atoms with Crippen LogP contribution in [0.1, 0.15) is 43.0 Å². The van der Waals surface area contributed by atoms with Crippen molar-refractivity contribution in [3.8, 4) is 0 Å². The van der Waals surface area contributed by atoms with Gasteiger partial charge in [-0.05, 0) is 56.0 Å². The highest BCUT2D eigenvalue weighted by molar-refractivity contribution is 7.10. The summed E-state index contributed by atoms with van der Waals surface area (Å²) >= 11 is 1.87. The molecule has 0 bridgehead atoms. The number of nitrogens with one attached hydrogen (secondary N) is 1. The summed E-state index contributed by atoms with van der Waals surface area (Å²) in [5, 5.41) is 5.89. The lowest BCUT2D eigenvalue weighted by molar-refractivity contribution is 0.0165. The normalized spacial score (nSPS) is 24.1. The van der Waals surface area contributed by atoms with Crippen LogP contribution in [-0.2, 0) is 9.47 Å². The highest BCUT2D eigenvalue weighted by atomic mass is 32.1. The second-order valence-electron chi connectivity index (χ2n) is 5.85. The summed E-state index contributed by atoms with van der Waals surface area (Å²) < 4.78 is 11.3. The number of hydrogen-bond donors (Lipinski definition) is 1. The minimum absolute atomic E-state index is 0.355. The minimum Gasteiger partial charge on any atom is -0.379 e. The van der Waals surface area contributed by atoms with Crippen LogP contribution in [-0.4, -0.2) is 32.5 Å². The molecular formula is C16H25NO2S. The summed E-state index contributed by atoms with van der Waals surface area (Å²) in [5.41, 5.74) is 0. The van der Waals surface area contributed by atoms with Gasteiger partial charge in [-0.25, -0.2) is 0 Å². The molecule has 2 fully saturated rings. The molecule has 1 aliphatic carbocycles. The average Bonchev–Trinajstić information content (AvgIpc) is 2.94. The Hall–Kier alpha value is -0.420. The maximum absolute atomic E-state index is 5.70. The van der Waals surface area contributed by atoms with Gasteiger partial charge in [-0.3, -0.25) is 0 Å². The summed E-state index contributed by atoms with van der Waals surface area (Å²) in [6, 6.07) is 4.99. The minimum atomic E-state index is 0.355. The Bertz CT molecular complexity index is 372. The molecule has 1 aliphatic heterocycles. The van der Waals surface area contributed by atoms with Crippen LogP contribution >= 0.6 is 11.3 Å². The van der Waals surface area contributed by atoms with Crippen molar-refractivity contribution in [3.05, 3.63) is 22.4 Å². The molecule has 1 aromatic rings. The third-order valence-electron chi connectivity index (χ3n) is 4.10. The van der Waals surface area contributed by atoms with Crippen molar-refractivity contribution in [3.63, 3.8) is 0 Å². The summed E-state index contributed by atoms with van der Waals surface area (Å²) in [5.74, 6) is 0.862. The van der Waals surface area contributed by atoms with Gasteiger partial charge in [0.25, 0.3) is 0 Å². The molecule has 0 amide bonds. The SMILES string of the molecule is c1csc(C(NCCCOCC2CCCO2)C2CC2)c1. The lowest BCUT2D eigenvalue weighted by atomic mass is 10.1. The van der Waals surface area contributed by atoms with E-state index in [-0.39, 0.29) is 0 Å². The van der Waals surface area contributed by atoms with Crippen LogP contribution in [0, 0.1) is 5.92 Å². The van der Waals surface area contributed by atoms with Gasteiger partial charge < -0.3 is 14.8 Å². The molecule has 4 heteroatoms. The Morgan fingerprint density at radius 1 is 1.40 bits per heavy atom. The van der Waals surface area contributed by atoms with E-state index in [0.717, 1.165) is 38.7 Å². The zero-order chi connectivity index (χ0) is 13.6. The van der Waals surface area contributed by atoms with E-state index >= 15 is 0 Å². The van der Waals surface area contributed by atoms with Gasteiger partial charge in [0.15, 0.2) is 0 Å². The molecule has 2 aliphatic rings. The first kappa shape index (κ1) is 14.5. The molecule has 1 saturated heterocycles. The van der Waals surface area contributed by atoms with Gasteiger partial charge in [0.2, 0.25) is 0 Å². The van der Waals surface area contributed by atoms with Crippen molar-refractivity contribution >= 4 is 11.3 Å². The van der Waals surface area contributed by atoms with E-state index in [4.69, 9.17) is 9.47 Å². The standard InChI is InChI=1S/C16H25NO2S/c1-4-14(19-10-1)12-18-9-3-8-17-16(13-6-7-13)15-5-2-11-20-15/h2,5,11,13-14,16-17H,1,3-4,6-10,12H2. The van der Waals surface area contributed by atoms with E-state index < -0.39 is 0 Å². The Balaban J connectivity index is 1.28. The van der Waals surface area contributed by atoms with Crippen molar-refractivity contribution in [1.29, 1.82) is 0 Å². The van der Waals surface area contributed by atoms with Crippen LogP contribution in [0.25, 0.3) is 0 Å². The third kappa shape index (κ3) is 4.29. The molecule has 112 valence electrons. The fourth-order valence-corrected chi connectivity index (χ4v) is 3.71. The quantitative estimate of drug-likeness (QED) is 0.709. The first-order valence-corrected chi connectivity index (χ1v) is 8.77. The molecule has 20 heavy (non-hydrogen) atoms. The summed E-state index contributed by atoms with van der Waals surface area (Å²) in [6.07, 6.45) is 6.56. The molecule has 3 nitrogen and oxygen atoms in total. The number of ether oxygens (including phenoxy) is 2. The largest absolute Gasteiger partial charge is 0.379 e. The number of hydrogen-bond acceptors (Lipinski definition) is 4. The highest BCUT2D eigenvalue weighted by Crippen LogP contribution is 2.42. The third-order valence-corrected chi connectivity index (χ3v) is 5.06. The number of thiophene rings is 1. The lowest BCUT2D eigenvalue weighted by Gasteiger charge is -2.17. The van der Waals surface area contributed by atoms with Crippen LogP contribution in [0.5, 0.6) is 0 Å². The smallest absolute Gasteiger partial charge is 0.0809 e. The van der Waals surface area contributed by atoms with Crippen LogP contribution in [0.3, 0.4) is 0 Å². The van der Waals surface area contributed by atoms with Crippen molar-refractivity contribution < 1.29 is 9.47 Å². The van der Waals surface area contributed by atoms with Crippen molar-refractivity contribution in [2.45, 2.75) is 44.2 Å². The van der Waals surface area contributed by atoms with Gasteiger partial charge in [0, 0.05) is 24.1 Å². The highest BCUT2D eigenvalue weighted by Gasteiger charge is 2.32. The monoisotopic (exact) mass is 295 g/mol. The predicted molar refractivity (Wildman–Crippen MR) is 82.2 cm³/mol. The van der Waals surface area contributed by atoms with Gasteiger partial charge in [0.05, 0.1) is 12.7 Å². The average molecular weight is 295 g/mol. The molecule has 2 heterocycles. The Morgan fingerprint density at radius 2 is 2.35 bits per heavy atom. The molecular weight excluding hydrogens is 270 g/mol. The van der Waals surface area contributed by atoms with Crippen LogP contribution < -0.4 is 5.32 Å². The molecule has 1 aromatic heterocycles. The van der Waals surface area contributed by atoms with E-state index in [9.17, 15) is 0 Å². The first-order valence-electron chi connectivity index (χ1n) is 7.89. The van der Waals surface area contributed by atoms with Gasteiger partial charge in [-0.2, -0.15) is 0 Å². The van der Waals surface area contributed by atoms with Crippen molar-refractivity contribution in [1.82, 2.24) is 5.32 Å². The molecule has 2 atom stereocenters. The summed E-state index contributed by atoms with van der Waals surface area (Å²) in [6.45, 7) is 3.58. The summed E-state index contributed by atoms with van der Waals surface area (Å²) in [7, 11) is 0. The van der Waals surface area contributed by atoms with Gasteiger partial charge in [-0.1, -0.05) is 6.07 Å². The van der Waals surface area contributed by atoms with Gasteiger partial charge >= 0.3 is 0 Å². The molecule has 0 radical (unpaired) electrons. The molecule has 0 spiro atoms. The van der Waals surface area contributed by atoms with Crippen LogP contribution in [0.4, 0.5) is 0 Å². The Kier molecular flexibility index (Phi) is 5.48. The second-order valence-corrected chi connectivity index (χ2v) is 6.83. The van der Waals surface area contributed by atoms with Crippen molar-refractivity contribution in [2.75, 3.05) is 26.4 Å². The van der Waals surface area contributed by atoms with E-state index in [2.05, 4.69) is 22.8 Å². The van der Waals surface area contributed by atoms with Crippen LogP contribution in [0.15, 0.2) is 17.5 Å². The summed E-state index contributed by atoms with van der Waals surface area (Å²) in [4.78, 5) is 1.49. The predicted octanol–water partition coefficient (Wildman–Crippen LogP) is 3.37. The fraction of sp³-hybridized carbons (Fsp3) is 0.750. The van der Waals surface area contributed by atoms with Crippen LogP contribution in [0.2, 0.25) is 0 Å². The fourth-order valence-electron chi connectivity index (χ4n) is 2.82.